The molecule has 2 aliphatic heterocycles. The Balaban J connectivity index is 1.57. The summed E-state index contributed by atoms with van der Waals surface area (Å²) in [6.45, 7) is 6.99. The monoisotopic (exact) mass is 377 g/mol. The number of aromatic nitrogens is 5. The van der Waals surface area contributed by atoms with Gasteiger partial charge in [0.05, 0.1) is 25.3 Å². The maximum Gasteiger partial charge on any atom is 0.178 e. The van der Waals surface area contributed by atoms with Crippen molar-refractivity contribution in [3.05, 3.63) is 42.4 Å². The second-order valence-corrected chi connectivity index (χ2v) is 7.38. The molecule has 7 nitrogen and oxygen atoms in total. The van der Waals surface area contributed by atoms with Gasteiger partial charge in [0.2, 0.25) is 0 Å². The number of hydrogen-bond donors (Lipinski definition) is 0. The minimum Gasteiger partial charge on any atom is -0.491 e. The molecule has 28 heavy (non-hydrogen) atoms. The van der Waals surface area contributed by atoms with Gasteiger partial charge in [-0.3, -0.25) is 0 Å². The maximum atomic E-state index is 6.06. The van der Waals surface area contributed by atoms with Gasteiger partial charge in [-0.1, -0.05) is 12.1 Å². The van der Waals surface area contributed by atoms with Crippen LogP contribution in [-0.2, 0) is 11.3 Å². The third-order valence-electron chi connectivity index (χ3n) is 5.21. The van der Waals surface area contributed by atoms with Crippen LogP contribution in [0.1, 0.15) is 31.9 Å². The van der Waals surface area contributed by atoms with E-state index in [1.165, 1.54) is 11.1 Å². The summed E-state index contributed by atoms with van der Waals surface area (Å²) in [5.74, 6) is 2.58. The SMILES string of the molecule is CC(C)n1ncnc1-c1cn2c(n1)-c1ccc(C3=CCOCC3)cc1OCC2. The number of fused-ring (bicyclic) bond motifs is 3. The molecule has 5 rings (SSSR count). The molecule has 0 atom stereocenters. The highest BCUT2D eigenvalue weighted by Crippen LogP contribution is 2.36. The first-order valence-corrected chi connectivity index (χ1v) is 9.72. The van der Waals surface area contributed by atoms with Crippen molar-refractivity contribution in [1.29, 1.82) is 0 Å². The summed E-state index contributed by atoms with van der Waals surface area (Å²) in [7, 11) is 0. The second kappa shape index (κ2) is 6.91. The highest BCUT2D eigenvalue weighted by molar-refractivity contribution is 5.74. The largest absolute Gasteiger partial charge is 0.491 e. The molecule has 7 heteroatoms. The molecule has 2 aromatic heterocycles. The number of ether oxygens (including phenoxy) is 2. The molecule has 0 saturated carbocycles. The lowest BCUT2D eigenvalue weighted by molar-refractivity contribution is 0.161. The quantitative estimate of drug-likeness (QED) is 0.698. The Morgan fingerprint density at radius 1 is 1.14 bits per heavy atom. The van der Waals surface area contributed by atoms with Gasteiger partial charge in [-0.2, -0.15) is 5.10 Å². The highest BCUT2D eigenvalue weighted by Gasteiger charge is 2.22. The van der Waals surface area contributed by atoms with Crippen LogP contribution in [-0.4, -0.2) is 44.1 Å². The predicted molar refractivity (Wildman–Crippen MR) is 106 cm³/mol. The molecule has 0 fully saturated rings. The van der Waals surface area contributed by atoms with Gasteiger partial charge in [-0.15, -0.1) is 0 Å². The average Bonchev–Trinajstić information content (AvgIpc) is 3.33. The van der Waals surface area contributed by atoms with Crippen LogP contribution in [0.5, 0.6) is 5.75 Å². The molecule has 0 saturated heterocycles. The fourth-order valence-corrected chi connectivity index (χ4v) is 3.79. The molecule has 3 aromatic rings. The number of nitrogens with zero attached hydrogens (tertiary/aromatic N) is 5. The van der Waals surface area contributed by atoms with Gasteiger partial charge in [0.15, 0.2) is 5.82 Å². The average molecular weight is 377 g/mol. The van der Waals surface area contributed by atoms with Crippen LogP contribution in [0.3, 0.4) is 0 Å². The second-order valence-electron chi connectivity index (χ2n) is 7.38. The van der Waals surface area contributed by atoms with E-state index < -0.39 is 0 Å². The van der Waals surface area contributed by atoms with Crippen LogP contribution >= 0.6 is 0 Å². The molecule has 0 amide bonds. The molecule has 4 heterocycles. The van der Waals surface area contributed by atoms with Crippen molar-refractivity contribution in [3.8, 4) is 28.7 Å². The Kier molecular flexibility index (Phi) is 4.24. The molecule has 0 bridgehead atoms. The van der Waals surface area contributed by atoms with E-state index in [0.29, 0.717) is 13.2 Å². The predicted octanol–water partition coefficient (Wildman–Crippen LogP) is 3.59. The van der Waals surface area contributed by atoms with Crippen LogP contribution in [0.25, 0.3) is 28.5 Å². The minimum atomic E-state index is 0.227. The number of benzene rings is 1. The molecular formula is C21H23N5O2. The standard InChI is InChI=1S/C21H23N5O2/c1-14(2)26-21(22-13-23-26)18-12-25-7-10-28-19-11-16(15-5-8-27-9-6-15)3-4-17(19)20(25)24-18/h3-5,11-14H,6-10H2,1-2H3. The Morgan fingerprint density at radius 3 is 2.89 bits per heavy atom. The summed E-state index contributed by atoms with van der Waals surface area (Å²) in [6.07, 6.45) is 6.72. The third-order valence-corrected chi connectivity index (χ3v) is 5.21. The van der Waals surface area contributed by atoms with Crippen LogP contribution in [0.15, 0.2) is 36.8 Å². The molecule has 0 N–H and O–H groups in total. The summed E-state index contributed by atoms with van der Waals surface area (Å²) in [5, 5.41) is 4.34. The molecule has 2 aliphatic rings. The Labute approximate surface area is 163 Å². The van der Waals surface area contributed by atoms with Crippen molar-refractivity contribution in [2.75, 3.05) is 19.8 Å². The topological polar surface area (TPSA) is 67.0 Å². The summed E-state index contributed by atoms with van der Waals surface area (Å²) in [4.78, 5) is 9.34. The molecule has 0 radical (unpaired) electrons. The number of rotatable bonds is 3. The van der Waals surface area contributed by atoms with E-state index in [1.807, 2.05) is 10.9 Å². The van der Waals surface area contributed by atoms with E-state index in [2.05, 4.69) is 52.8 Å². The zero-order chi connectivity index (χ0) is 19.1. The van der Waals surface area contributed by atoms with Gasteiger partial charge >= 0.3 is 0 Å². The van der Waals surface area contributed by atoms with Gasteiger partial charge in [-0.05, 0) is 43.5 Å². The van der Waals surface area contributed by atoms with Crippen molar-refractivity contribution < 1.29 is 9.47 Å². The van der Waals surface area contributed by atoms with E-state index in [0.717, 1.165) is 48.2 Å². The Hall–Kier alpha value is -2.93. The van der Waals surface area contributed by atoms with Gasteiger partial charge in [0, 0.05) is 12.2 Å². The van der Waals surface area contributed by atoms with Crippen molar-refractivity contribution in [2.24, 2.45) is 0 Å². The summed E-state index contributed by atoms with van der Waals surface area (Å²) in [5.41, 5.74) is 4.36. The van der Waals surface area contributed by atoms with Gasteiger partial charge in [-0.25, -0.2) is 14.6 Å². The maximum absolute atomic E-state index is 6.06. The smallest absolute Gasteiger partial charge is 0.178 e. The molecule has 1 aromatic carbocycles. The van der Waals surface area contributed by atoms with E-state index in [-0.39, 0.29) is 6.04 Å². The fourth-order valence-electron chi connectivity index (χ4n) is 3.79. The van der Waals surface area contributed by atoms with Gasteiger partial charge < -0.3 is 14.0 Å². The lowest BCUT2D eigenvalue weighted by atomic mass is 9.99. The lowest BCUT2D eigenvalue weighted by Gasteiger charge is -2.15. The van der Waals surface area contributed by atoms with Gasteiger partial charge in [0.1, 0.15) is 30.2 Å². The third kappa shape index (κ3) is 2.92. The Bertz CT molecular complexity index is 1050. The normalized spacial score (nSPS) is 16.2. The van der Waals surface area contributed by atoms with E-state index in [4.69, 9.17) is 14.5 Å². The molecule has 144 valence electrons. The van der Waals surface area contributed by atoms with Crippen molar-refractivity contribution in [1.82, 2.24) is 24.3 Å². The summed E-state index contributed by atoms with van der Waals surface area (Å²) < 4.78 is 15.5. The van der Waals surface area contributed by atoms with Crippen molar-refractivity contribution in [2.45, 2.75) is 32.9 Å². The molecular weight excluding hydrogens is 354 g/mol. The van der Waals surface area contributed by atoms with Crippen LogP contribution < -0.4 is 4.74 Å². The first-order valence-electron chi connectivity index (χ1n) is 9.72. The lowest BCUT2D eigenvalue weighted by Crippen LogP contribution is -2.06. The van der Waals surface area contributed by atoms with E-state index >= 15 is 0 Å². The van der Waals surface area contributed by atoms with Crippen LogP contribution in [0.2, 0.25) is 0 Å². The van der Waals surface area contributed by atoms with Gasteiger partial charge in [0.25, 0.3) is 0 Å². The van der Waals surface area contributed by atoms with E-state index in [1.54, 1.807) is 6.33 Å². The number of imidazole rings is 1. The molecule has 0 aliphatic carbocycles. The highest BCUT2D eigenvalue weighted by atomic mass is 16.5. The molecule has 0 spiro atoms. The first-order chi connectivity index (χ1) is 13.7. The van der Waals surface area contributed by atoms with Crippen LogP contribution in [0.4, 0.5) is 0 Å². The zero-order valence-electron chi connectivity index (χ0n) is 16.1. The fraction of sp³-hybridized carbons (Fsp3) is 0.381. The summed E-state index contributed by atoms with van der Waals surface area (Å²) >= 11 is 0. The first kappa shape index (κ1) is 17.2. The Morgan fingerprint density at radius 2 is 2.07 bits per heavy atom. The number of hydrogen-bond acceptors (Lipinski definition) is 5. The van der Waals surface area contributed by atoms with Crippen molar-refractivity contribution >= 4 is 5.57 Å². The van der Waals surface area contributed by atoms with Crippen molar-refractivity contribution in [3.63, 3.8) is 0 Å². The zero-order valence-corrected chi connectivity index (χ0v) is 16.1. The minimum absolute atomic E-state index is 0.227. The van der Waals surface area contributed by atoms with Crippen LogP contribution in [0, 0.1) is 0 Å². The van der Waals surface area contributed by atoms with E-state index in [9.17, 15) is 0 Å². The summed E-state index contributed by atoms with van der Waals surface area (Å²) in [6, 6.07) is 6.62. The molecule has 0 unspecified atom stereocenters.